The van der Waals surface area contributed by atoms with Gasteiger partial charge in [-0.3, -0.25) is 13.9 Å². The highest BCUT2D eigenvalue weighted by Crippen LogP contribution is 2.31. The molecular weight excluding hydrogens is 617 g/mol. The van der Waals surface area contributed by atoms with Gasteiger partial charge in [-0.25, -0.2) is 8.42 Å². The molecule has 1 atom stereocenters. The largest absolute Gasteiger partial charge is 0.354 e. The number of carbonyl (C=O) groups excluding carboxylic acids is 2. The Morgan fingerprint density at radius 3 is 2.17 bits per heavy atom. The van der Waals surface area contributed by atoms with Crippen LogP contribution < -0.4 is 9.62 Å². The van der Waals surface area contributed by atoms with E-state index in [1.54, 1.807) is 56.3 Å². The topological polar surface area (TPSA) is 86.8 Å². The van der Waals surface area contributed by atoms with Crippen molar-refractivity contribution in [1.82, 2.24) is 10.2 Å². The van der Waals surface area contributed by atoms with E-state index >= 15 is 0 Å². The van der Waals surface area contributed by atoms with E-state index in [0.29, 0.717) is 39.2 Å². The molecule has 0 radical (unpaired) electrons. The summed E-state index contributed by atoms with van der Waals surface area (Å²) in [6, 6.07) is 15.3. The predicted octanol–water partition coefficient (Wildman–Crippen LogP) is 7.18. The summed E-state index contributed by atoms with van der Waals surface area (Å²) in [5.41, 5.74) is 2.34. The van der Waals surface area contributed by atoms with Crippen molar-refractivity contribution in [2.75, 3.05) is 17.4 Å². The number of hydrogen-bond acceptors (Lipinski definition) is 4. The molecule has 0 saturated carbocycles. The van der Waals surface area contributed by atoms with Crippen molar-refractivity contribution in [3.8, 4) is 0 Å². The fraction of sp³-hybridized carbons (Fsp3) is 0.355. The Bertz CT molecular complexity index is 1510. The fourth-order valence-electron chi connectivity index (χ4n) is 4.46. The van der Waals surface area contributed by atoms with Crippen molar-refractivity contribution >= 4 is 62.3 Å². The number of carbonyl (C=O) groups is 2. The summed E-state index contributed by atoms with van der Waals surface area (Å²) in [5, 5.41) is 3.98. The highest BCUT2D eigenvalue weighted by molar-refractivity contribution is 7.92. The van der Waals surface area contributed by atoms with Crippen LogP contribution in [0.25, 0.3) is 0 Å². The molecule has 1 N–H and O–H groups in total. The van der Waals surface area contributed by atoms with Gasteiger partial charge in [-0.15, -0.1) is 0 Å². The Morgan fingerprint density at radius 2 is 1.55 bits per heavy atom. The standard InChI is InChI=1S/C31H36Cl3N3O4S/c1-5-7-16-35-31(39)28(6-2)36(19-23-11-13-24(32)17-27(23)34)30(38)20-37(29-18-25(33)12-10-22(29)4)42(40,41)26-14-8-21(3)9-15-26/h8-15,17-18,28H,5-7,16,19-20H2,1-4H3,(H,35,39). The molecule has 0 bridgehead atoms. The van der Waals surface area contributed by atoms with E-state index in [1.165, 1.54) is 23.1 Å². The lowest BCUT2D eigenvalue weighted by Gasteiger charge is -2.33. The van der Waals surface area contributed by atoms with Gasteiger partial charge in [-0.1, -0.05) is 84.9 Å². The Balaban J connectivity index is 2.10. The lowest BCUT2D eigenvalue weighted by molar-refractivity contribution is -0.140. The Morgan fingerprint density at radius 1 is 0.905 bits per heavy atom. The van der Waals surface area contributed by atoms with Gasteiger partial charge in [0, 0.05) is 28.2 Å². The van der Waals surface area contributed by atoms with Crippen LogP contribution in [0.5, 0.6) is 0 Å². The second-order valence-electron chi connectivity index (χ2n) is 10.1. The van der Waals surface area contributed by atoms with E-state index in [2.05, 4.69) is 5.32 Å². The van der Waals surface area contributed by atoms with E-state index < -0.39 is 28.5 Å². The van der Waals surface area contributed by atoms with Crippen LogP contribution in [0.15, 0.2) is 65.6 Å². The number of nitrogens with zero attached hydrogens (tertiary/aromatic N) is 2. The van der Waals surface area contributed by atoms with Gasteiger partial charge in [0.05, 0.1) is 10.6 Å². The maximum absolute atomic E-state index is 14.2. The average molecular weight is 653 g/mol. The maximum Gasteiger partial charge on any atom is 0.264 e. The first-order valence-corrected chi connectivity index (χ1v) is 16.3. The van der Waals surface area contributed by atoms with Crippen LogP contribution in [0.4, 0.5) is 5.69 Å². The normalized spacial score (nSPS) is 12.1. The molecule has 0 heterocycles. The first-order chi connectivity index (χ1) is 19.9. The third kappa shape index (κ3) is 8.40. The van der Waals surface area contributed by atoms with Gasteiger partial charge in [0.2, 0.25) is 11.8 Å². The number of benzene rings is 3. The van der Waals surface area contributed by atoms with E-state index in [4.69, 9.17) is 34.8 Å². The number of nitrogens with one attached hydrogen (secondary N) is 1. The van der Waals surface area contributed by atoms with Gasteiger partial charge < -0.3 is 10.2 Å². The number of unbranched alkanes of at least 4 members (excludes halogenated alkanes) is 1. The molecule has 0 aromatic heterocycles. The molecule has 0 fully saturated rings. The minimum Gasteiger partial charge on any atom is -0.354 e. The van der Waals surface area contributed by atoms with Gasteiger partial charge in [0.15, 0.2) is 0 Å². The van der Waals surface area contributed by atoms with Gasteiger partial charge >= 0.3 is 0 Å². The van der Waals surface area contributed by atoms with Crippen molar-refractivity contribution in [3.05, 3.63) is 92.4 Å². The van der Waals surface area contributed by atoms with Crippen LogP contribution in [-0.4, -0.2) is 44.3 Å². The predicted molar refractivity (Wildman–Crippen MR) is 171 cm³/mol. The van der Waals surface area contributed by atoms with Crippen LogP contribution in [0.1, 0.15) is 49.8 Å². The number of anilines is 1. The molecule has 1 unspecified atom stereocenters. The molecule has 3 aromatic rings. The third-order valence-electron chi connectivity index (χ3n) is 6.90. The molecule has 11 heteroatoms. The number of rotatable bonds is 13. The lowest BCUT2D eigenvalue weighted by atomic mass is 10.1. The zero-order chi connectivity index (χ0) is 31.0. The molecule has 0 aliphatic heterocycles. The quantitative estimate of drug-likeness (QED) is 0.198. The SMILES string of the molecule is CCCCNC(=O)C(CC)N(Cc1ccc(Cl)cc1Cl)C(=O)CN(c1cc(Cl)ccc1C)S(=O)(=O)c1ccc(C)cc1. The van der Waals surface area contributed by atoms with Gasteiger partial charge in [0.1, 0.15) is 12.6 Å². The summed E-state index contributed by atoms with van der Waals surface area (Å²) in [6.07, 6.45) is 1.98. The summed E-state index contributed by atoms with van der Waals surface area (Å²) in [4.78, 5) is 28.9. The van der Waals surface area contributed by atoms with E-state index in [-0.39, 0.29) is 23.0 Å². The highest BCUT2D eigenvalue weighted by atomic mass is 35.5. The molecule has 2 amide bonds. The summed E-state index contributed by atoms with van der Waals surface area (Å²) in [6.45, 7) is 7.29. The molecule has 0 saturated heterocycles. The van der Waals surface area contributed by atoms with Crippen LogP contribution >= 0.6 is 34.8 Å². The summed E-state index contributed by atoms with van der Waals surface area (Å²) in [5.74, 6) is -0.898. The van der Waals surface area contributed by atoms with E-state index in [1.807, 2.05) is 13.8 Å². The average Bonchev–Trinajstić information content (AvgIpc) is 2.94. The van der Waals surface area contributed by atoms with Gasteiger partial charge in [-0.2, -0.15) is 0 Å². The Kier molecular flexibility index (Phi) is 12.1. The minimum atomic E-state index is -4.21. The number of sulfonamides is 1. The minimum absolute atomic E-state index is 0.0249. The molecular formula is C31H36Cl3N3O4S. The second-order valence-corrected chi connectivity index (χ2v) is 13.2. The smallest absolute Gasteiger partial charge is 0.264 e. The molecule has 42 heavy (non-hydrogen) atoms. The molecule has 0 aliphatic carbocycles. The zero-order valence-electron chi connectivity index (χ0n) is 24.2. The van der Waals surface area contributed by atoms with Crippen molar-refractivity contribution in [3.63, 3.8) is 0 Å². The van der Waals surface area contributed by atoms with Crippen molar-refractivity contribution in [2.45, 2.75) is 64.4 Å². The molecule has 7 nitrogen and oxygen atoms in total. The lowest BCUT2D eigenvalue weighted by Crippen LogP contribution is -2.52. The van der Waals surface area contributed by atoms with E-state index in [0.717, 1.165) is 22.7 Å². The van der Waals surface area contributed by atoms with Crippen LogP contribution in [0.2, 0.25) is 15.1 Å². The summed E-state index contributed by atoms with van der Waals surface area (Å²) < 4.78 is 29.2. The van der Waals surface area contributed by atoms with Crippen molar-refractivity contribution in [1.29, 1.82) is 0 Å². The number of aryl methyl sites for hydroxylation is 2. The summed E-state index contributed by atoms with van der Waals surface area (Å²) >= 11 is 18.9. The summed E-state index contributed by atoms with van der Waals surface area (Å²) in [7, 11) is -4.21. The molecule has 3 aromatic carbocycles. The fourth-order valence-corrected chi connectivity index (χ4v) is 6.57. The number of halogens is 3. The monoisotopic (exact) mass is 651 g/mol. The van der Waals surface area contributed by atoms with Gasteiger partial charge in [0.25, 0.3) is 10.0 Å². The molecule has 0 aliphatic rings. The van der Waals surface area contributed by atoms with Crippen LogP contribution in [0.3, 0.4) is 0 Å². The number of hydrogen-bond donors (Lipinski definition) is 1. The molecule has 226 valence electrons. The Labute approximate surface area is 263 Å². The maximum atomic E-state index is 14.2. The number of amides is 2. The van der Waals surface area contributed by atoms with Gasteiger partial charge in [-0.05, 0) is 74.2 Å². The molecule has 0 spiro atoms. The van der Waals surface area contributed by atoms with Crippen molar-refractivity contribution in [2.24, 2.45) is 0 Å². The third-order valence-corrected chi connectivity index (χ3v) is 9.49. The second kappa shape index (κ2) is 15.1. The highest BCUT2D eigenvalue weighted by Gasteiger charge is 2.34. The first-order valence-electron chi connectivity index (χ1n) is 13.8. The Hall–Kier alpha value is -2.78. The van der Waals surface area contributed by atoms with Crippen LogP contribution in [0, 0.1) is 13.8 Å². The van der Waals surface area contributed by atoms with Crippen molar-refractivity contribution < 1.29 is 18.0 Å². The zero-order valence-corrected chi connectivity index (χ0v) is 27.2. The first kappa shape index (κ1) is 33.7. The molecule has 3 rings (SSSR count). The van der Waals surface area contributed by atoms with E-state index in [9.17, 15) is 18.0 Å². The van der Waals surface area contributed by atoms with Crippen LogP contribution in [-0.2, 0) is 26.2 Å².